The topological polar surface area (TPSA) is 38.3 Å². The van der Waals surface area contributed by atoms with E-state index in [9.17, 15) is 4.79 Å². The van der Waals surface area contributed by atoms with Gasteiger partial charge in [-0.1, -0.05) is 34.1 Å². The predicted octanol–water partition coefficient (Wildman–Crippen LogP) is 4.26. The number of para-hydroxylation sites is 1. The van der Waals surface area contributed by atoms with Crippen LogP contribution in [0.5, 0.6) is 5.75 Å². The number of carbonyl (C=O) groups is 1. The molecule has 110 valence electrons. The molecule has 1 N–H and O–H groups in total. The molecular weight excluding hydrogens is 330 g/mol. The minimum Gasteiger partial charge on any atom is -0.496 e. The first-order valence-corrected chi connectivity index (χ1v) is 7.51. The van der Waals surface area contributed by atoms with E-state index < -0.39 is 0 Å². The van der Waals surface area contributed by atoms with Crippen LogP contribution in [-0.4, -0.2) is 13.0 Å². The average molecular weight is 348 g/mol. The quantitative estimate of drug-likeness (QED) is 0.897. The summed E-state index contributed by atoms with van der Waals surface area (Å²) in [4.78, 5) is 12.4. The molecule has 21 heavy (non-hydrogen) atoms. The molecule has 1 amide bonds. The summed E-state index contributed by atoms with van der Waals surface area (Å²) in [5.41, 5.74) is 2.64. The van der Waals surface area contributed by atoms with E-state index in [-0.39, 0.29) is 11.9 Å². The summed E-state index contributed by atoms with van der Waals surface area (Å²) in [6.45, 7) is 3.91. The zero-order valence-electron chi connectivity index (χ0n) is 12.3. The molecule has 0 saturated carbocycles. The van der Waals surface area contributed by atoms with Crippen LogP contribution in [0.1, 0.15) is 34.5 Å². The highest BCUT2D eigenvalue weighted by Crippen LogP contribution is 2.25. The third kappa shape index (κ3) is 3.85. The molecule has 2 aromatic rings. The summed E-state index contributed by atoms with van der Waals surface area (Å²) < 4.78 is 6.23. The molecule has 2 aromatic carbocycles. The minimum atomic E-state index is -0.132. The van der Waals surface area contributed by atoms with Crippen molar-refractivity contribution in [3.8, 4) is 5.75 Å². The van der Waals surface area contributed by atoms with Crippen LogP contribution < -0.4 is 10.1 Å². The monoisotopic (exact) mass is 347 g/mol. The van der Waals surface area contributed by atoms with Gasteiger partial charge < -0.3 is 10.1 Å². The van der Waals surface area contributed by atoms with Crippen molar-refractivity contribution in [2.75, 3.05) is 7.11 Å². The smallest absolute Gasteiger partial charge is 0.251 e. The number of rotatable bonds is 4. The molecule has 0 bridgehead atoms. The van der Waals surface area contributed by atoms with Crippen molar-refractivity contribution in [2.24, 2.45) is 0 Å². The van der Waals surface area contributed by atoms with Gasteiger partial charge in [-0.25, -0.2) is 0 Å². The van der Waals surface area contributed by atoms with Crippen LogP contribution in [0.3, 0.4) is 0 Å². The molecule has 0 heterocycles. The van der Waals surface area contributed by atoms with E-state index in [1.54, 1.807) is 7.11 Å². The molecule has 0 aromatic heterocycles. The number of hydrogen-bond donors (Lipinski definition) is 1. The molecule has 0 radical (unpaired) electrons. The van der Waals surface area contributed by atoms with Crippen LogP contribution in [0.15, 0.2) is 46.9 Å². The van der Waals surface area contributed by atoms with Crippen molar-refractivity contribution >= 4 is 21.8 Å². The lowest BCUT2D eigenvalue weighted by atomic mass is 10.1. The molecule has 0 aliphatic carbocycles. The van der Waals surface area contributed by atoms with Gasteiger partial charge in [0.25, 0.3) is 5.91 Å². The second kappa shape index (κ2) is 6.76. The highest BCUT2D eigenvalue weighted by Gasteiger charge is 2.15. The number of ether oxygens (including phenoxy) is 1. The molecule has 0 spiro atoms. The second-order valence-electron chi connectivity index (χ2n) is 4.95. The molecule has 1 atom stereocenters. The SMILES string of the molecule is COc1ccccc1C(C)NC(=O)c1cc(C)cc(Br)c1. The van der Waals surface area contributed by atoms with Gasteiger partial charge in [0.2, 0.25) is 0 Å². The maximum Gasteiger partial charge on any atom is 0.251 e. The largest absolute Gasteiger partial charge is 0.496 e. The lowest BCUT2D eigenvalue weighted by molar-refractivity contribution is 0.0939. The molecule has 3 nitrogen and oxygen atoms in total. The lowest BCUT2D eigenvalue weighted by Gasteiger charge is -2.17. The fourth-order valence-electron chi connectivity index (χ4n) is 2.25. The summed E-state index contributed by atoms with van der Waals surface area (Å²) in [5, 5.41) is 3.00. The van der Waals surface area contributed by atoms with Crippen molar-refractivity contribution in [1.29, 1.82) is 0 Å². The molecular formula is C17H18BrNO2. The number of nitrogens with one attached hydrogen (secondary N) is 1. The Labute approximate surface area is 133 Å². The number of carbonyl (C=O) groups excluding carboxylic acids is 1. The predicted molar refractivity (Wildman–Crippen MR) is 87.8 cm³/mol. The third-order valence-corrected chi connectivity index (χ3v) is 3.72. The Hall–Kier alpha value is -1.81. The minimum absolute atomic E-state index is 0.0993. The fraction of sp³-hybridized carbons (Fsp3) is 0.235. The van der Waals surface area contributed by atoms with Gasteiger partial charge in [-0.2, -0.15) is 0 Å². The molecule has 0 saturated heterocycles. The average Bonchev–Trinajstić information content (AvgIpc) is 2.46. The van der Waals surface area contributed by atoms with E-state index in [0.29, 0.717) is 5.56 Å². The van der Waals surface area contributed by atoms with Crippen molar-refractivity contribution < 1.29 is 9.53 Å². The van der Waals surface area contributed by atoms with Crippen LogP contribution in [0, 0.1) is 6.92 Å². The molecule has 0 fully saturated rings. The normalized spacial score (nSPS) is 11.8. The zero-order valence-corrected chi connectivity index (χ0v) is 13.9. The first kappa shape index (κ1) is 15.6. The van der Waals surface area contributed by atoms with Gasteiger partial charge in [0, 0.05) is 15.6 Å². The van der Waals surface area contributed by atoms with E-state index >= 15 is 0 Å². The van der Waals surface area contributed by atoms with Crippen molar-refractivity contribution in [3.05, 3.63) is 63.6 Å². The summed E-state index contributed by atoms with van der Waals surface area (Å²) >= 11 is 3.42. The summed E-state index contributed by atoms with van der Waals surface area (Å²) in [6, 6.07) is 13.2. The van der Waals surface area contributed by atoms with E-state index in [0.717, 1.165) is 21.3 Å². The Kier molecular flexibility index (Phi) is 5.02. The number of amides is 1. The number of aryl methyl sites for hydroxylation is 1. The Morgan fingerprint density at radius 1 is 1.24 bits per heavy atom. The standard InChI is InChI=1S/C17H18BrNO2/c1-11-8-13(10-14(18)9-11)17(20)19-12(2)15-6-4-5-7-16(15)21-3/h4-10,12H,1-3H3,(H,19,20). The highest BCUT2D eigenvalue weighted by atomic mass is 79.9. The van der Waals surface area contributed by atoms with Gasteiger partial charge in [0.1, 0.15) is 5.75 Å². The Morgan fingerprint density at radius 2 is 1.95 bits per heavy atom. The number of hydrogen-bond acceptors (Lipinski definition) is 2. The van der Waals surface area contributed by atoms with E-state index in [1.807, 2.05) is 56.3 Å². The Balaban J connectivity index is 2.18. The Morgan fingerprint density at radius 3 is 2.62 bits per heavy atom. The van der Waals surface area contributed by atoms with Crippen LogP contribution in [0.2, 0.25) is 0 Å². The summed E-state index contributed by atoms with van der Waals surface area (Å²) in [7, 11) is 1.63. The summed E-state index contributed by atoms with van der Waals surface area (Å²) in [6.07, 6.45) is 0. The second-order valence-corrected chi connectivity index (χ2v) is 5.87. The van der Waals surface area contributed by atoms with E-state index in [4.69, 9.17) is 4.74 Å². The van der Waals surface area contributed by atoms with Crippen molar-refractivity contribution in [3.63, 3.8) is 0 Å². The first-order valence-electron chi connectivity index (χ1n) is 6.72. The van der Waals surface area contributed by atoms with Gasteiger partial charge in [0.15, 0.2) is 0 Å². The first-order chi connectivity index (χ1) is 10.0. The van der Waals surface area contributed by atoms with Gasteiger partial charge >= 0.3 is 0 Å². The van der Waals surface area contributed by atoms with Gasteiger partial charge in [-0.3, -0.25) is 4.79 Å². The summed E-state index contributed by atoms with van der Waals surface area (Å²) in [5.74, 6) is 0.675. The van der Waals surface area contributed by atoms with Gasteiger partial charge in [-0.05, 0) is 43.7 Å². The number of halogens is 1. The highest BCUT2D eigenvalue weighted by molar-refractivity contribution is 9.10. The molecule has 4 heteroatoms. The zero-order chi connectivity index (χ0) is 15.4. The van der Waals surface area contributed by atoms with E-state index in [2.05, 4.69) is 21.2 Å². The maximum absolute atomic E-state index is 12.4. The van der Waals surface area contributed by atoms with Crippen LogP contribution >= 0.6 is 15.9 Å². The van der Waals surface area contributed by atoms with Crippen LogP contribution in [-0.2, 0) is 0 Å². The maximum atomic E-state index is 12.4. The number of benzene rings is 2. The van der Waals surface area contributed by atoms with Crippen LogP contribution in [0.25, 0.3) is 0 Å². The van der Waals surface area contributed by atoms with E-state index in [1.165, 1.54) is 0 Å². The van der Waals surface area contributed by atoms with Gasteiger partial charge in [0.05, 0.1) is 13.2 Å². The van der Waals surface area contributed by atoms with Crippen molar-refractivity contribution in [1.82, 2.24) is 5.32 Å². The third-order valence-electron chi connectivity index (χ3n) is 3.26. The molecule has 2 rings (SSSR count). The lowest BCUT2D eigenvalue weighted by Crippen LogP contribution is -2.27. The van der Waals surface area contributed by atoms with Gasteiger partial charge in [-0.15, -0.1) is 0 Å². The number of methoxy groups -OCH3 is 1. The molecule has 0 aliphatic heterocycles. The Bertz CT molecular complexity index is 635. The fourth-order valence-corrected chi connectivity index (χ4v) is 2.86. The molecule has 1 unspecified atom stereocenters. The molecule has 0 aliphatic rings. The van der Waals surface area contributed by atoms with Crippen LogP contribution in [0.4, 0.5) is 0 Å². The van der Waals surface area contributed by atoms with Crippen molar-refractivity contribution in [2.45, 2.75) is 19.9 Å².